The van der Waals surface area contributed by atoms with Crippen molar-refractivity contribution in [2.75, 3.05) is 32.8 Å². The fourth-order valence-electron chi connectivity index (χ4n) is 5.01. The average Bonchev–Trinajstić information content (AvgIpc) is 3.37. The molecule has 3 heterocycles. The number of nitrogens with zero attached hydrogens (tertiary/aromatic N) is 2. The molecule has 0 aliphatic carbocycles. The van der Waals surface area contributed by atoms with Crippen molar-refractivity contribution in [1.82, 2.24) is 9.80 Å². The number of esters is 1. The van der Waals surface area contributed by atoms with E-state index in [1.54, 1.807) is 18.3 Å². The monoisotopic (exact) mass is 468 g/mol. The fourth-order valence-corrected chi connectivity index (χ4v) is 5.71. The van der Waals surface area contributed by atoms with Gasteiger partial charge in [-0.1, -0.05) is 36.4 Å². The lowest BCUT2D eigenvalue weighted by Crippen LogP contribution is -2.51. The van der Waals surface area contributed by atoms with Crippen molar-refractivity contribution in [2.24, 2.45) is 11.8 Å². The maximum atomic E-state index is 13.6. The van der Waals surface area contributed by atoms with E-state index in [4.69, 9.17) is 4.74 Å². The van der Waals surface area contributed by atoms with E-state index in [1.165, 1.54) is 0 Å². The number of benzene rings is 1. The number of carbonyl (C=O) groups excluding carboxylic acids is 3. The molecule has 2 fully saturated rings. The van der Waals surface area contributed by atoms with E-state index in [0.29, 0.717) is 45.6 Å². The molecule has 2 amide bonds. The first kappa shape index (κ1) is 23.5. The molecule has 0 saturated carbocycles. The van der Waals surface area contributed by atoms with E-state index in [-0.39, 0.29) is 35.5 Å². The zero-order valence-electron chi connectivity index (χ0n) is 19.2. The molecule has 4 rings (SSSR count). The maximum Gasteiger partial charge on any atom is 0.310 e. The van der Waals surface area contributed by atoms with Gasteiger partial charge in [-0.3, -0.25) is 14.4 Å². The normalized spacial score (nSPS) is 23.2. The number of piperidine rings is 2. The molecule has 2 aliphatic heterocycles. The van der Waals surface area contributed by atoms with Crippen LogP contribution >= 0.6 is 11.3 Å². The molecule has 2 aliphatic rings. The molecule has 2 saturated heterocycles. The van der Waals surface area contributed by atoms with Gasteiger partial charge in [0.25, 0.3) is 0 Å². The van der Waals surface area contributed by atoms with Crippen LogP contribution in [-0.2, 0) is 25.5 Å². The minimum absolute atomic E-state index is 0.0542. The number of thiophene rings is 1. The second-order valence-electron chi connectivity index (χ2n) is 8.97. The molecule has 0 spiro atoms. The first-order valence-corrected chi connectivity index (χ1v) is 12.7. The Morgan fingerprint density at radius 3 is 2.52 bits per heavy atom. The third-order valence-electron chi connectivity index (χ3n) is 6.68. The van der Waals surface area contributed by atoms with Gasteiger partial charge in [-0.25, -0.2) is 0 Å². The molecule has 0 radical (unpaired) electrons. The van der Waals surface area contributed by atoms with E-state index < -0.39 is 0 Å². The van der Waals surface area contributed by atoms with Crippen molar-refractivity contribution >= 4 is 29.1 Å². The van der Waals surface area contributed by atoms with Crippen molar-refractivity contribution in [2.45, 2.75) is 38.5 Å². The Balaban J connectivity index is 1.49. The lowest BCUT2D eigenvalue weighted by atomic mass is 9.83. The Morgan fingerprint density at radius 1 is 1.00 bits per heavy atom. The average molecular weight is 469 g/mol. The van der Waals surface area contributed by atoms with Crippen LogP contribution in [0.3, 0.4) is 0 Å². The van der Waals surface area contributed by atoms with Crippen LogP contribution in [0.2, 0.25) is 0 Å². The van der Waals surface area contributed by atoms with E-state index >= 15 is 0 Å². The summed E-state index contributed by atoms with van der Waals surface area (Å²) in [6.45, 7) is 4.29. The van der Waals surface area contributed by atoms with Crippen LogP contribution in [0.1, 0.15) is 42.5 Å². The van der Waals surface area contributed by atoms with Crippen molar-refractivity contribution in [1.29, 1.82) is 0 Å². The highest BCUT2D eigenvalue weighted by Gasteiger charge is 2.38. The van der Waals surface area contributed by atoms with Gasteiger partial charge in [0, 0.05) is 37.0 Å². The van der Waals surface area contributed by atoms with E-state index in [9.17, 15) is 14.4 Å². The molecule has 2 aromatic rings. The third kappa shape index (κ3) is 5.82. The van der Waals surface area contributed by atoms with Gasteiger partial charge < -0.3 is 14.5 Å². The van der Waals surface area contributed by atoms with E-state index in [0.717, 1.165) is 23.3 Å². The molecule has 6 nitrogen and oxygen atoms in total. The molecule has 7 heteroatoms. The summed E-state index contributed by atoms with van der Waals surface area (Å²) in [5.74, 6) is -0.497. The third-order valence-corrected chi connectivity index (χ3v) is 7.56. The second-order valence-corrected chi connectivity index (χ2v) is 10.0. The summed E-state index contributed by atoms with van der Waals surface area (Å²) in [4.78, 5) is 43.7. The van der Waals surface area contributed by atoms with Crippen LogP contribution in [0.25, 0.3) is 0 Å². The molecule has 176 valence electrons. The van der Waals surface area contributed by atoms with Gasteiger partial charge in [0.15, 0.2) is 0 Å². The van der Waals surface area contributed by atoms with Gasteiger partial charge in [0.1, 0.15) is 0 Å². The molecular formula is C26H32N2O4S. The summed E-state index contributed by atoms with van der Waals surface area (Å²) in [6, 6.07) is 14.1. The van der Waals surface area contributed by atoms with Gasteiger partial charge in [0.05, 0.1) is 24.9 Å². The molecule has 0 N–H and O–H groups in total. The number of amides is 2. The summed E-state index contributed by atoms with van der Waals surface area (Å²) < 4.78 is 5.20. The molecule has 0 bridgehead atoms. The van der Waals surface area contributed by atoms with Crippen molar-refractivity contribution in [3.63, 3.8) is 0 Å². The Bertz CT molecular complexity index is 946. The second kappa shape index (κ2) is 11.0. The van der Waals surface area contributed by atoms with Crippen molar-refractivity contribution in [3.8, 4) is 0 Å². The number of hydrogen-bond acceptors (Lipinski definition) is 5. The summed E-state index contributed by atoms with van der Waals surface area (Å²) in [5, 5.41) is 1.98. The highest BCUT2D eigenvalue weighted by Crippen LogP contribution is 2.33. The highest BCUT2D eigenvalue weighted by atomic mass is 32.1. The van der Waals surface area contributed by atoms with Crippen molar-refractivity contribution < 1.29 is 19.1 Å². The van der Waals surface area contributed by atoms with Crippen molar-refractivity contribution in [3.05, 3.63) is 58.3 Å². The number of rotatable bonds is 6. The SMILES string of the molecule is CCOC(=O)[C@@H]1CCCN(C(=O)[C@@H]2C[C@H](c3ccccc3)CN(C(=O)Cc3cccs3)C2)C1. The largest absolute Gasteiger partial charge is 0.466 e. The number of hydrogen-bond donors (Lipinski definition) is 0. The topological polar surface area (TPSA) is 66.9 Å². The van der Waals surface area contributed by atoms with Gasteiger partial charge >= 0.3 is 5.97 Å². The number of likely N-dealkylation sites (tertiary alicyclic amines) is 2. The Kier molecular flexibility index (Phi) is 7.81. The molecule has 33 heavy (non-hydrogen) atoms. The van der Waals surface area contributed by atoms with Crippen LogP contribution < -0.4 is 0 Å². The predicted molar refractivity (Wildman–Crippen MR) is 128 cm³/mol. The first-order valence-electron chi connectivity index (χ1n) is 11.9. The first-order chi connectivity index (χ1) is 16.0. The van der Waals surface area contributed by atoms with E-state index in [2.05, 4.69) is 12.1 Å². The van der Waals surface area contributed by atoms with Crippen LogP contribution in [0, 0.1) is 11.8 Å². The summed E-state index contributed by atoms with van der Waals surface area (Å²) in [5.41, 5.74) is 1.16. The zero-order chi connectivity index (χ0) is 23.2. The Labute approximate surface area is 199 Å². The minimum Gasteiger partial charge on any atom is -0.466 e. The van der Waals surface area contributed by atoms with Crippen LogP contribution in [0.4, 0.5) is 0 Å². The number of ether oxygens (including phenoxy) is 1. The standard InChI is InChI=1S/C26H32N2O4S/c1-2-32-26(31)20-10-6-12-27(16-20)25(30)22-14-21(19-8-4-3-5-9-19)17-28(18-22)24(29)15-23-11-7-13-33-23/h3-5,7-9,11,13,20-22H,2,6,10,12,14-18H2,1H3/t20-,21+,22-/m1/s1. The van der Waals surface area contributed by atoms with Gasteiger partial charge in [-0.05, 0) is 43.2 Å². The fraction of sp³-hybridized carbons (Fsp3) is 0.500. The lowest BCUT2D eigenvalue weighted by Gasteiger charge is -2.40. The Morgan fingerprint density at radius 2 is 1.79 bits per heavy atom. The summed E-state index contributed by atoms with van der Waals surface area (Å²) in [7, 11) is 0. The van der Waals surface area contributed by atoms with E-state index in [1.807, 2.05) is 45.5 Å². The molecule has 3 atom stereocenters. The van der Waals surface area contributed by atoms with Crippen LogP contribution in [0.5, 0.6) is 0 Å². The zero-order valence-corrected chi connectivity index (χ0v) is 20.0. The smallest absolute Gasteiger partial charge is 0.310 e. The lowest BCUT2D eigenvalue weighted by molar-refractivity contribution is -0.152. The van der Waals surface area contributed by atoms with Gasteiger partial charge in [-0.2, -0.15) is 0 Å². The molecular weight excluding hydrogens is 436 g/mol. The number of carbonyl (C=O) groups is 3. The predicted octanol–water partition coefficient (Wildman–Crippen LogP) is 3.72. The molecule has 1 aromatic carbocycles. The van der Waals surface area contributed by atoms with Crippen LogP contribution in [0.15, 0.2) is 47.8 Å². The summed E-state index contributed by atoms with van der Waals surface area (Å²) >= 11 is 1.58. The highest BCUT2D eigenvalue weighted by molar-refractivity contribution is 7.10. The van der Waals surface area contributed by atoms with Gasteiger partial charge in [-0.15, -0.1) is 11.3 Å². The maximum absolute atomic E-state index is 13.6. The molecule has 1 aromatic heterocycles. The Hall–Kier alpha value is -2.67. The van der Waals surface area contributed by atoms with Gasteiger partial charge in [0.2, 0.25) is 11.8 Å². The minimum atomic E-state index is -0.266. The summed E-state index contributed by atoms with van der Waals surface area (Å²) in [6.07, 6.45) is 2.64. The van der Waals surface area contributed by atoms with Crippen LogP contribution in [-0.4, -0.2) is 60.4 Å². The quantitative estimate of drug-likeness (QED) is 0.606. The molecule has 0 unspecified atom stereocenters.